The van der Waals surface area contributed by atoms with Gasteiger partial charge in [-0.2, -0.15) is 5.26 Å². The number of halogens is 2. The molecular weight excluding hydrogens is 220 g/mol. The lowest BCUT2D eigenvalue weighted by Gasteiger charge is -2.07. The number of nitrogen functional groups attached to an aromatic ring is 1. The molecule has 0 radical (unpaired) electrons. The minimum Gasteiger partial charge on any atom is -0.465 e. The molecule has 2 N–H and O–H groups in total. The third-order valence-electron chi connectivity index (χ3n) is 1.81. The number of rotatable bonds is 2. The van der Waals surface area contributed by atoms with Crippen LogP contribution in [-0.2, 0) is 4.74 Å². The van der Waals surface area contributed by atoms with Crippen molar-refractivity contribution >= 4 is 11.7 Å². The molecule has 0 bridgehead atoms. The molecule has 0 aliphatic heterocycles. The van der Waals surface area contributed by atoms with Gasteiger partial charge in [0, 0.05) is 0 Å². The predicted octanol–water partition coefficient (Wildman–Crippen LogP) is 1.26. The van der Waals surface area contributed by atoms with E-state index in [1.807, 2.05) is 0 Å². The van der Waals surface area contributed by atoms with Crippen molar-refractivity contribution in [3.05, 3.63) is 23.0 Å². The molecule has 0 fully saturated rings. The molecule has 1 aromatic rings. The fourth-order valence-electron chi connectivity index (χ4n) is 1.05. The number of pyridine rings is 1. The first-order valence-electron chi connectivity index (χ1n) is 4.08. The number of esters is 1. The second-order valence-corrected chi connectivity index (χ2v) is 2.76. The highest BCUT2D eigenvalue weighted by molar-refractivity contribution is 5.96. The summed E-state index contributed by atoms with van der Waals surface area (Å²) in [7, 11) is 1.08. The maximum absolute atomic E-state index is 12.4. The second-order valence-electron chi connectivity index (χ2n) is 2.76. The number of hydrogen-bond acceptors (Lipinski definition) is 5. The van der Waals surface area contributed by atoms with Crippen molar-refractivity contribution in [2.45, 2.75) is 6.43 Å². The third-order valence-corrected chi connectivity index (χ3v) is 1.81. The average molecular weight is 227 g/mol. The first kappa shape index (κ1) is 11.8. The van der Waals surface area contributed by atoms with E-state index in [2.05, 4.69) is 9.72 Å². The van der Waals surface area contributed by atoms with Gasteiger partial charge in [-0.15, -0.1) is 0 Å². The van der Waals surface area contributed by atoms with E-state index < -0.39 is 23.8 Å². The quantitative estimate of drug-likeness (QED) is 0.768. The number of alkyl halides is 2. The summed E-state index contributed by atoms with van der Waals surface area (Å²) in [5.41, 5.74) is 3.75. The second kappa shape index (κ2) is 4.53. The summed E-state index contributed by atoms with van der Waals surface area (Å²) in [5, 5.41) is 8.61. The Labute approximate surface area is 89.4 Å². The van der Waals surface area contributed by atoms with Crippen LogP contribution < -0.4 is 5.73 Å². The van der Waals surface area contributed by atoms with E-state index in [0.717, 1.165) is 13.2 Å². The van der Waals surface area contributed by atoms with E-state index >= 15 is 0 Å². The zero-order chi connectivity index (χ0) is 12.3. The Morgan fingerprint density at radius 1 is 1.69 bits per heavy atom. The fraction of sp³-hybridized carbons (Fsp3) is 0.222. The number of methoxy groups -OCH3 is 1. The summed E-state index contributed by atoms with van der Waals surface area (Å²) in [4.78, 5) is 14.5. The molecule has 0 saturated heterocycles. The highest BCUT2D eigenvalue weighted by Gasteiger charge is 2.20. The first-order valence-corrected chi connectivity index (χ1v) is 4.08. The van der Waals surface area contributed by atoms with E-state index in [4.69, 9.17) is 11.0 Å². The average Bonchev–Trinajstić information content (AvgIpc) is 2.28. The molecule has 0 aromatic carbocycles. The van der Waals surface area contributed by atoms with Crippen molar-refractivity contribution in [3.63, 3.8) is 0 Å². The van der Waals surface area contributed by atoms with Crippen molar-refractivity contribution in [1.29, 1.82) is 5.26 Å². The number of aromatic nitrogens is 1. The van der Waals surface area contributed by atoms with Crippen LogP contribution in [0.5, 0.6) is 0 Å². The Balaban J connectivity index is 3.43. The third kappa shape index (κ3) is 2.06. The molecule has 5 nitrogen and oxygen atoms in total. The van der Waals surface area contributed by atoms with Gasteiger partial charge in [0.1, 0.15) is 11.8 Å². The molecule has 16 heavy (non-hydrogen) atoms. The van der Waals surface area contributed by atoms with Crippen LogP contribution in [0, 0.1) is 11.3 Å². The van der Waals surface area contributed by atoms with Crippen molar-refractivity contribution in [1.82, 2.24) is 4.98 Å². The molecule has 1 heterocycles. The van der Waals surface area contributed by atoms with Gasteiger partial charge in [0.05, 0.1) is 18.4 Å². The smallest absolute Gasteiger partial charge is 0.340 e. The number of ether oxygens (including phenoxy) is 1. The maximum Gasteiger partial charge on any atom is 0.340 e. The van der Waals surface area contributed by atoms with Crippen LogP contribution in [0.4, 0.5) is 14.5 Å². The van der Waals surface area contributed by atoms with E-state index in [-0.39, 0.29) is 11.3 Å². The highest BCUT2D eigenvalue weighted by atomic mass is 19.3. The molecule has 0 saturated carbocycles. The normalized spacial score (nSPS) is 9.94. The lowest BCUT2D eigenvalue weighted by atomic mass is 10.1. The Kier molecular flexibility index (Phi) is 3.35. The van der Waals surface area contributed by atoms with Crippen LogP contribution in [0.1, 0.15) is 28.2 Å². The molecule has 0 aliphatic carbocycles. The van der Waals surface area contributed by atoms with Crippen molar-refractivity contribution < 1.29 is 18.3 Å². The Hall–Kier alpha value is -2.23. The fourth-order valence-corrected chi connectivity index (χ4v) is 1.05. The molecule has 1 rings (SSSR count). The molecule has 0 atom stereocenters. The lowest BCUT2D eigenvalue weighted by molar-refractivity contribution is 0.0601. The van der Waals surface area contributed by atoms with Crippen LogP contribution in [0.25, 0.3) is 0 Å². The lowest BCUT2D eigenvalue weighted by Crippen LogP contribution is -2.10. The van der Waals surface area contributed by atoms with Crippen LogP contribution in [0.2, 0.25) is 0 Å². The Morgan fingerprint density at radius 3 is 2.75 bits per heavy atom. The zero-order valence-electron chi connectivity index (χ0n) is 8.20. The minimum atomic E-state index is -2.89. The first-order chi connectivity index (χ1) is 7.51. The summed E-state index contributed by atoms with van der Waals surface area (Å²) < 4.78 is 29.1. The molecule has 0 aliphatic rings. The van der Waals surface area contributed by atoms with Crippen LogP contribution >= 0.6 is 0 Å². The van der Waals surface area contributed by atoms with Crippen molar-refractivity contribution in [2.75, 3.05) is 12.8 Å². The van der Waals surface area contributed by atoms with Gasteiger partial charge in [0.2, 0.25) is 0 Å². The molecular formula is C9H7F2N3O2. The molecule has 0 unspecified atom stereocenters. The standard InChI is InChI=1S/C9H7F2N3O2/c1-16-9(15)4-2-5(8(10)11)14-6(3-12)7(4)13/h2,8H,13H2,1H3. The van der Waals surface area contributed by atoms with Crippen LogP contribution in [0.15, 0.2) is 6.07 Å². The molecule has 84 valence electrons. The topological polar surface area (TPSA) is 89.0 Å². The number of nitrogens with two attached hydrogens (primary N) is 1. The summed E-state index contributed by atoms with van der Waals surface area (Å²) in [6, 6.07) is 2.34. The van der Waals surface area contributed by atoms with Crippen molar-refractivity contribution in [3.8, 4) is 6.07 Å². The summed E-state index contributed by atoms with van der Waals surface area (Å²) in [6.07, 6.45) is -2.89. The van der Waals surface area contributed by atoms with Gasteiger partial charge in [-0.1, -0.05) is 0 Å². The highest BCUT2D eigenvalue weighted by Crippen LogP contribution is 2.23. The Morgan fingerprint density at radius 2 is 2.31 bits per heavy atom. The van der Waals surface area contributed by atoms with Crippen LogP contribution in [-0.4, -0.2) is 18.1 Å². The largest absolute Gasteiger partial charge is 0.465 e. The van der Waals surface area contributed by atoms with Gasteiger partial charge in [-0.3, -0.25) is 0 Å². The van der Waals surface area contributed by atoms with E-state index in [0.29, 0.717) is 0 Å². The van der Waals surface area contributed by atoms with E-state index in [1.165, 1.54) is 6.07 Å². The number of carbonyl (C=O) groups excluding carboxylic acids is 1. The molecule has 1 aromatic heterocycles. The van der Waals surface area contributed by atoms with E-state index in [9.17, 15) is 13.6 Å². The predicted molar refractivity (Wildman–Crippen MR) is 49.7 cm³/mol. The number of nitriles is 1. The molecule has 0 spiro atoms. The Bertz CT molecular complexity index is 469. The molecule has 0 amide bonds. The van der Waals surface area contributed by atoms with Crippen LogP contribution in [0.3, 0.4) is 0 Å². The van der Waals surface area contributed by atoms with Gasteiger partial charge in [-0.25, -0.2) is 18.6 Å². The SMILES string of the molecule is COC(=O)c1cc(C(F)F)nc(C#N)c1N. The minimum absolute atomic E-state index is 0.265. The van der Waals surface area contributed by atoms with Gasteiger partial charge >= 0.3 is 5.97 Å². The van der Waals surface area contributed by atoms with Gasteiger partial charge in [-0.05, 0) is 6.07 Å². The van der Waals surface area contributed by atoms with Gasteiger partial charge in [0.15, 0.2) is 5.69 Å². The summed E-state index contributed by atoms with van der Waals surface area (Å²) in [6.45, 7) is 0. The zero-order valence-corrected chi connectivity index (χ0v) is 8.20. The summed E-state index contributed by atoms with van der Waals surface area (Å²) >= 11 is 0. The number of carbonyl (C=O) groups is 1. The monoisotopic (exact) mass is 227 g/mol. The van der Waals surface area contributed by atoms with Crippen molar-refractivity contribution in [2.24, 2.45) is 0 Å². The van der Waals surface area contributed by atoms with E-state index in [1.54, 1.807) is 0 Å². The molecule has 7 heteroatoms. The number of anilines is 1. The number of nitrogens with zero attached hydrogens (tertiary/aromatic N) is 2. The summed E-state index contributed by atoms with van der Waals surface area (Å²) in [5.74, 6) is -0.890. The van der Waals surface area contributed by atoms with Gasteiger partial charge < -0.3 is 10.5 Å². The van der Waals surface area contributed by atoms with Gasteiger partial charge in [0.25, 0.3) is 6.43 Å². The number of hydrogen-bond donors (Lipinski definition) is 1. The maximum atomic E-state index is 12.4.